The number of carbonyl (C=O) groups excluding carboxylic acids is 2. The van der Waals surface area contributed by atoms with Crippen molar-refractivity contribution in [2.75, 3.05) is 35.7 Å². The average molecular weight is 563 g/mol. The Morgan fingerprint density at radius 2 is 1.67 bits per heavy atom. The Labute approximate surface area is 206 Å². The summed E-state index contributed by atoms with van der Waals surface area (Å²) in [5.74, 6) is -0.609. The highest BCUT2D eigenvalue weighted by molar-refractivity contribution is 9.10. The molecule has 0 unspecified atom stereocenters. The molecule has 3 N–H and O–H groups in total. The van der Waals surface area contributed by atoms with Gasteiger partial charge in [0.05, 0.1) is 5.75 Å². The number of anilines is 2. The van der Waals surface area contributed by atoms with Crippen molar-refractivity contribution < 1.29 is 31.8 Å². The number of nitrogens with zero attached hydrogens (tertiary/aromatic N) is 1. The van der Waals surface area contributed by atoms with Crippen molar-refractivity contribution in [1.82, 2.24) is 0 Å². The number of hydrogen-bond acceptors (Lipinski definition) is 7. The van der Waals surface area contributed by atoms with Gasteiger partial charge in [0.2, 0.25) is 0 Å². The predicted octanol–water partition coefficient (Wildman–Crippen LogP) is 4.22. The quantitative estimate of drug-likeness (QED) is 0.233. The fourth-order valence-corrected chi connectivity index (χ4v) is 3.92. The minimum absolute atomic E-state index is 0.161. The van der Waals surface area contributed by atoms with Gasteiger partial charge in [-0.15, -0.1) is 11.8 Å². The van der Waals surface area contributed by atoms with Crippen molar-refractivity contribution in [2.45, 2.75) is 25.7 Å². The third-order valence-electron chi connectivity index (χ3n) is 4.13. The molecular formula is C21H27BrN2O7S2. The molecule has 0 aromatic heterocycles. The summed E-state index contributed by atoms with van der Waals surface area (Å²) in [4.78, 5) is 27.1. The van der Waals surface area contributed by atoms with Crippen molar-refractivity contribution in [3.63, 3.8) is 0 Å². The summed E-state index contributed by atoms with van der Waals surface area (Å²) in [6, 6.07) is 13.5. The van der Waals surface area contributed by atoms with Gasteiger partial charge in [0, 0.05) is 33.8 Å². The summed E-state index contributed by atoms with van der Waals surface area (Å²) in [5, 5.41) is 2.74. The zero-order valence-corrected chi connectivity index (χ0v) is 21.7. The highest BCUT2D eigenvalue weighted by Crippen LogP contribution is 2.25. The fraction of sp³-hybridized carbons (Fsp3) is 0.333. The first-order chi connectivity index (χ1) is 15.4. The van der Waals surface area contributed by atoms with E-state index in [-0.39, 0.29) is 18.3 Å². The molecule has 0 bridgehead atoms. The van der Waals surface area contributed by atoms with Crippen LogP contribution in [0.3, 0.4) is 0 Å². The minimum atomic E-state index is -4.67. The second-order valence-corrected chi connectivity index (χ2v) is 9.40. The number of aryl methyl sites for hydroxylation is 1. The summed E-state index contributed by atoms with van der Waals surface area (Å²) in [6.45, 7) is 7.74. The summed E-state index contributed by atoms with van der Waals surface area (Å²) >= 11 is 4.81. The number of benzene rings is 2. The fourth-order valence-electron chi connectivity index (χ4n) is 2.64. The van der Waals surface area contributed by atoms with Crippen molar-refractivity contribution in [3.8, 4) is 0 Å². The predicted molar refractivity (Wildman–Crippen MR) is 133 cm³/mol. The molecule has 0 saturated carbocycles. The lowest BCUT2D eigenvalue weighted by molar-refractivity contribution is -0.144. The Morgan fingerprint density at radius 1 is 1.09 bits per heavy atom. The third kappa shape index (κ3) is 12.6. The van der Waals surface area contributed by atoms with E-state index in [0.717, 1.165) is 33.7 Å². The van der Waals surface area contributed by atoms with E-state index in [4.69, 9.17) is 22.3 Å². The van der Waals surface area contributed by atoms with Gasteiger partial charge in [0.1, 0.15) is 0 Å². The van der Waals surface area contributed by atoms with Crippen LogP contribution in [0.4, 0.5) is 11.4 Å². The van der Waals surface area contributed by atoms with Crippen LogP contribution in [0.25, 0.3) is 0 Å². The summed E-state index contributed by atoms with van der Waals surface area (Å²) < 4.78 is 37.7. The number of carbonyl (C=O) groups is 2. The first kappa shape index (κ1) is 28.9. The molecule has 2 aromatic carbocycles. The van der Waals surface area contributed by atoms with Gasteiger partial charge in [0.15, 0.2) is 6.61 Å². The van der Waals surface area contributed by atoms with E-state index in [9.17, 15) is 9.59 Å². The molecule has 0 aliphatic heterocycles. The maximum atomic E-state index is 12.0. The van der Waals surface area contributed by atoms with Gasteiger partial charge in [-0.1, -0.05) is 15.9 Å². The van der Waals surface area contributed by atoms with Crippen LogP contribution in [0.5, 0.6) is 0 Å². The molecule has 0 radical (unpaired) electrons. The van der Waals surface area contributed by atoms with E-state index in [0.29, 0.717) is 5.69 Å². The van der Waals surface area contributed by atoms with Crippen molar-refractivity contribution >= 4 is 61.3 Å². The molecule has 0 fully saturated rings. The van der Waals surface area contributed by atoms with Gasteiger partial charge in [-0.2, -0.15) is 8.42 Å². The van der Waals surface area contributed by atoms with Crippen LogP contribution in [0.15, 0.2) is 51.8 Å². The van der Waals surface area contributed by atoms with Crippen LogP contribution in [0, 0.1) is 6.92 Å². The zero-order chi connectivity index (χ0) is 25.0. The number of hydrogen-bond donors (Lipinski definition) is 3. The van der Waals surface area contributed by atoms with Crippen molar-refractivity contribution in [3.05, 3.63) is 52.5 Å². The summed E-state index contributed by atoms with van der Waals surface area (Å²) in [5.41, 5.74) is 2.87. The molecule has 0 aliphatic carbocycles. The zero-order valence-electron chi connectivity index (χ0n) is 18.4. The molecule has 12 heteroatoms. The molecule has 0 saturated heterocycles. The van der Waals surface area contributed by atoms with Crippen LogP contribution in [-0.4, -0.2) is 54.8 Å². The molecule has 2 rings (SSSR count). The van der Waals surface area contributed by atoms with Gasteiger partial charge in [-0.05, 0) is 68.8 Å². The molecule has 33 heavy (non-hydrogen) atoms. The maximum absolute atomic E-state index is 12.0. The number of esters is 1. The first-order valence-electron chi connectivity index (χ1n) is 9.82. The molecule has 9 nitrogen and oxygen atoms in total. The molecule has 0 atom stereocenters. The molecule has 2 aromatic rings. The number of nitrogens with one attached hydrogen (secondary N) is 1. The highest BCUT2D eigenvalue weighted by atomic mass is 79.9. The Balaban J connectivity index is 0.000000981. The van der Waals surface area contributed by atoms with Crippen molar-refractivity contribution in [2.24, 2.45) is 0 Å². The standard InChI is InChI=1S/C21H25BrN2O3S.H2O4S/c1-4-24(5-2)18-9-7-17(8-10-18)23-20(25)13-27-21(26)14-28-19-11-6-16(22)12-15(19)3;1-5(2,3)4/h6-12H,4-5,13-14H2,1-3H3,(H,23,25);(H2,1,2,3,4). The third-order valence-corrected chi connectivity index (χ3v) is 5.77. The second-order valence-electron chi connectivity index (χ2n) is 6.57. The van der Waals surface area contributed by atoms with Crippen LogP contribution in [-0.2, 0) is 24.7 Å². The summed E-state index contributed by atoms with van der Waals surface area (Å²) in [7, 11) is -4.67. The highest BCUT2D eigenvalue weighted by Gasteiger charge is 2.10. The number of thioether (sulfide) groups is 1. The monoisotopic (exact) mass is 562 g/mol. The molecule has 0 heterocycles. The number of amides is 1. The van der Waals surface area contributed by atoms with E-state index in [1.807, 2.05) is 49.4 Å². The van der Waals surface area contributed by atoms with E-state index in [1.165, 1.54) is 11.8 Å². The minimum Gasteiger partial charge on any atom is -0.455 e. The van der Waals surface area contributed by atoms with Gasteiger partial charge < -0.3 is 15.0 Å². The molecule has 0 spiro atoms. The lowest BCUT2D eigenvalue weighted by Gasteiger charge is -2.21. The second kappa shape index (κ2) is 14.2. The maximum Gasteiger partial charge on any atom is 0.394 e. The van der Waals surface area contributed by atoms with Crippen LogP contribution in [0.1, 0.15) is 19.4 Å². The van der Waals surface area contributed by atoms with Gasteiger partial charge in [0.25, 0.3) is 5.91 Å². The summed E-state index contributed by atoms with van der Waals surface area (Å²) in [6.07, 6.45) is 0. The van der Waals surface area contributed by atoms with Gasteiger partial charge in [-0.25, -0.2) is 0 Å². The van der Waals surface area contributed by atoms with E-state index in [2.05, 4.69) is 40.0 Å². The average Bonchev–Trinajstić information content (AvgIpc) is 2.72. The molecule has 1 amide bonds. The number of ether oxygens (including phenoxy) is 1. The number of rotatable bonds is 9. The van der Waals surface area contributed by atoms with E-state index in [1.54, 1.807) is 0 Å². The lowest BCUT2D eigenvalue weighted by Crippen LogP contribution is -2.22. The van der Waals surface area contributed by atoms with E-state index < -0.39 is 16.4 Å². The topological polar surface area (TPSA) is 133 Å². The Kier molecular flexibility index (Phi) is 12.4. The largest absolute Gasteiger partial charge is 0.455 e. The van der Waals surface area contributed by atoms with Crippen LogP contribution >= 0.6 is 27.7 Å². The van der Waals surface area contributed by atoms with Crippen molar-refractivity contribution in [1.29, 1.82) is 0 Å². The van der Waals surface area contributed by atoms with Crippen LogP contribution < -0.4 is 10.2 Å². The molecule has 182 valence electrons. The Bertz CT molecular complexity index is 1020. The Hall–Kier alpha value is -2.12. The first-order valence-corrected chi connectivity index (χ1v) is 13.0. The van der Waals surface area contributed by atoms with Gasteiger partial charge in [-0.3, -0.25) is 18.7 Å². The lowest BCUT2D eigenvalue weighted by atomic mass is 10.2. The normalized spacial score (nSPS) is 10.6. The Morgan fingerprint density at radius 3 is 2.18 bits per heavy atom. The molecule has 0 aliphatic rings. The van der Waals surface area contributed by atoms with E-state index >= 15 is 0 Å². The van der Waals surface area contributed by atoms with Gasteiger partial charge >= 0.3 is 16.4 Å². The smallest absolute Gasteiger partial charge is 0.394 e. The number of halogens is 1. The SMILES string of the molecule is CCN(CC)c1ccc(NC(=O)COC(=O)CSc2ccc(Br)cc2C)cc1.O=S(=O)(O)O. The van der Waals surface area contributed by atoms with Crippen LogP contribution in [0.2, 0.25) is 0 Å². The molecular weight excluding hydrogens is 536 g/mol.